The van der Waals surface area contributed by atoms with Gasteiger partial charge in [0.05, 0.1) is 19.3 Å². The third-order valence-corrected chi connectivity index (χ3v) is 5.86. The number of carboxylic acid groups (broad SMARTS) is 1. The van der Waals surface area contributed by atoms with E-state index < -0.39 is 18.0 Å². The Labute approximate surface area is 218 Å². The van der Waals surface area contributed by atoms with Gasteiger partial charge in [0.2, 0.25) is 0 Å². The number of hydrogen-bond acceptors (Lipinski definition) is 6. The molecule has 0 bridgehead atoms. The third kappa shape index (κ3) is 6.53. The van der Waals surface area contributed by atoms with E-state index in [1.165, 1.54) is 5.01 Å². The monoisotopic (exact) mass is 520 g/mol. The Morgan fingerprint density at radius 3 is 2.51 bits per heavy atom. The van der Waals surface area contributed by atoms with Crippen LogP contribution < -0.4 is 10.2 Å². The van der Waals surface area contributed by atoms with E-state index in [4.69, 9.17) is 16.3 Å². The molecule has 0 aliphatic carbocycles. The molecule has 0 saturated carbocycles. The number of carbonyl (C=O) groups is 2. The zero-order chi connectivity index (χ0) is 26.4. The van der Waals surface area contributed by atoms with Crippen molar-refractivity contribution in [1.82, 2.24) is 20.6 Å². The summed E-state index contributed by atoms with van der Waals surface area (Å²) in [7, 11) is 1.55. The van der Waals surface area contributed by atoms with Gasteiger partial charge in [-0.1, -0.05) is 60.1 Å². The van der Waals surface area contributed by atoms with Crippen molar-refractivity contribution >= 4 is 23.5 Å². The second-order valence-corrected chi connectivity index (χ2v) is 8.69. The second kappa shape index (κ2) is 11.7. The van der Waals surface area contributed by atoms with Gasteiger partial charge in [0.15, 0.2) is 6.10 Å². The van der Waals surface area contributed by atoms with Crippen LogP contribution in [-0.4, -0.2) is 57.1 Å². The molecule has 10 heteroatoms. The van der Waals surface area contributed by atoms with E-state index >= 15 is 0 Å². The highest BCUT2D eigenvalue weighted by Crippen LogP contribution is 2.28. The van der Waals surface area contributed by atoms with Crippen molar-refractivity contribution in [3.63, 3.8) is 0 Å². The molecular weight excluding hydrogens is 496 g/mol. The highest BCUT2D eigenvalue weighted by atomic mass is 35.5. The first-order chi connectivity index (χ1) is 17.8. The van der Waals surface area contributed by atoms with Crippen LogP contribution in [0, 0.1) is 0 Å². The number of aliphatic hydroxyl groups is 1. The Morgan fingerprint density at radius 1 is 1.05 bits per heavy atom. The number of aliphatic carboxylic acids is 1. The number of H-pyrrole nitrogens is 1. The molecule has 1 aromatic heterocycles. The number of rotatable bonds is 10. The molecule has 0 fully saturated rings. The highest BCUT2D eigenvalue weighted by molar-refractivity contribution is 6.30. The van der Waals surface area contributed by atoms with Crippen molar-refractivity contribution in [1.29, 1.82) is 0 Å². The zero-order valence-electron chi connectivity index (χ0n) is 19.9. The lowest BCUT2D eigenvalue weighted by Crippen LogP contribution is -2.47. The van der Waals surface area contributed by atoms with E-state index in [2.05, 4.69) is 15.6 Å². The van der Waals surface area contributed by atoms with Crippen molar-refractivity contribution < 1.29 is 24.5 Å². The number of hydrogen-bond donors (Lipinski definition) is 4. The number of methoxy groups -OCH3 is 1. The van der Waals surface area contributed by atoms with Crippen LogP contribution in [0.15, 0.2) is 78.9 Å². The van der Waals surface area contributed by atoms with Crippen LogP contribution in [0.25, 0.3) is 22.4 Å². The van der Waals surface area contributed by atoms with E-state index in [9.17, 15) is 19.8 Å². The van der Waals surface area contributed by atoms with Crippen molar-refractivity contribution in [3.8, 4) is 28.1 Å². The van der Waals surface area contributed by atoms with Gasteiger partial charge in [-0.3, -0.25) is 15.3 Å². The first-order valence-electron chi connectivity index (χ1n) is 11.3. The molecule has 37 heavy (non-hydrogen) atoms. The summed E-state index contributed by atoms with van der Waals surface area (Å²) in [6, 6.07) is 23.8. The van der Waals surface area contributed by atoms with Gasteiger partial charge in [-0.25, -0.2) is 9.80 Å². The first kappa shape index (κ1) is 25.9. The smallest absolute Gasteiger partial charge is 0.333 e. The summed E-state index contributed by atoms with van der Waals surface area (Å²) in [6.45, 7) is -0.177. The number of para-hydroxylation sites is 1. The number of halogens is 1. The van der Waals surface area contributed by atoms with E-state index in [0.717, 1.165) is 16.7 Å². The maximum Gasteiger partial charge on any atom is 0.333 e. The molecule has 9 nitrogen and oxygen atoms in total. The molecule has 0 saturated heterocycles. The summed E-state index contributed by atoms with van der Waals surface area (Å²) >= 11 is 6.09. The van der Waals surface area contributed by atoms with Gasteiger partial charge in [0.1, 0.15) is 11.4 Å². The average Bonchev–Trinajstić information content (AvgIpc) is 3.39. The summed E-state index contributed by atoms with van der Waals surface area (Å²) in [6.07, 6.45) is -1.70. The molecular formula is C27H25ClN4O5. The maximum absolute atomic E-state index is 13.0. The Balaban J connectivity index is 1.50. The van der Waals surface area contributed by atoms with Gasteiger partial charge in [0, 0.05) is 17.1 Å². The SMILES string of the molecule is COc1ccccc1-c1cc(C(=O)NN(Cc2ccc(-c3cccc(Cl)c3)cc2)CC(O)C(=O)O)[nH]n1. The molecule has 190 valence electrons. The molecule has 4 aromatic rings. The number of carboxylic acids is 1. The molecule has 4 rings (SSSR count). The summed E-state index contributed by atoms with van der Waals surface area (Å²) in [4.78, 5) is 24.2. The molecule has 0 aliphatic heterocycles. The minimum Gasteiger partial charge on any atom is -0.496 e. The molecule has 4 N–H and O–H groups in total. The van der Waals surface area contributed by atoms with Gasteiger partial charge in [-0.2, -0.15) is 5.10 Å². The molecule has 0 radical (unpaired) electrons. The van der Waals surface area contributed by atoms with Crippen LogP contribution in [0.4, 0.5) is 0 Å². The Hall–Kier alpha value is -4.18. The van der Waals surface area contributed by atoms with E-state index in [0.29, 0.717) is 22.0 Å². The zero-order valence-corrected chi connectivity index (χ0v) is 20.6. The fourth-order valence-corrected chi connectivity index (χ4v) is 3.95. The molecule has 1 atom stereocenters. The summed E-state index contributed by atoms with van der Waals surface area (Å²) in [5.41, 5.74) is 6.74. The van der Waals surface area contributed by atoms with E-state index in [1.54, 1.807) is 25.3 Å². The summed E-state index contributed by atoms with van der Waals surface area (Å²) in [5.74, 6) is -1.33. The Morgan fingerprint density at radius 2 is 1.81 bits per heavy atom. The lowest BCUT2D eigenvalue weighted by molar-refractivity contribution is -0.148. The van der Waals surface area contributed by atoms with E-state index in [-0.39, 0.29) is 18.8 Å². The molecule has 0 spiro atoms. The lowest BCUT2D eigenvalue weighted by atomic mass is 10.0. The third-order valence-electron chi connectivity index (χ3n) is 5.63. The van der Waals surface area contributed by atoms with Crippen molar-refractivity contribution in [3.05, 3.63) is 95.1 Å². The van der Waals surface area contributed by atoms with Gasteiger partial charge < -0.3 is 14.9 Å². The normalized spacial score (nSPS) is 11.8. The molecule has 1 amide bonds. The van der Waals surface area contributed by atoms with Gasteiger partial charge >= 0.3 is 5.97 Å². The second-order valence-electron chi connectivity index (χ2n) is 8.25. The number of aromatic nitrogens is 2. The lowest BCUT2D eigenvalue weighted by Gasteiger charge is -2.24. The van der Waals surface area contributed by atoms with Gasteiger partial charge in [0.25, 0.3) is 5.91 Å². The van der Waals surface area contributed by atoms with Gasteiger partial charge in [-0.05, 0) is 47.0 Å². The number of benzene rings is 3. The topological polar surface area (TPSA) is 128 Å². The van der Waals surface area contributed by atoms with Crippen LogP contribution in [0.2, 0.25) is 5.02 Å². The standard InChI is InChI=1S/C27H25ClN4O5/c1-37-25-8-3-2-7-21(25)22-14-23(30-29-22)26(34)31-32(16-24(33)27(35)36)15-17-9-11-18(12-10-17)19-5-4-6-20(28)13-19/h2-14,24,33H,15-16H2,1H3,(H,29,30)(H,31,34)(H,35,36). The largest absolute Gasteiger partial charge is 0.496 e. The molecule has 1 unspecified atom stereocenters. The van der Waals surface area contributed by atoms with Crippen molar-refractivity contribution in [2.45, 2.75) is 12.6 Å². The van der Waals surface area contributed by atoms with Crippen LogP contribution in [-0.2, 0) is 11.3 Å². The minimum absolute atomic E-state index is 0.152. The van der Waals surface area contributed by atoms with Crippen LogP contribution in [0.5, 0.6) is 5.75 Å². The van der Waals surface area contributed by atoms with Crippen molar-refractivity contribution in [2.24, 2.45) is 0 Å². The quantitative estimate of drug-likeness (QED) is 0.233. The number of nitrogens with one attached hydrogen (secondary N) is 2. The summed E-state index contributed by atoms with van der Waals surface area (Å²) in [5, 5.41) is 28.0. The maximum atomic E-state index is 13.0. The minimum atomic E-state index is -1.70. The first-order valence-corrected chi connectivity index (χ1v) is 11.7. The number of carbonyl (C=O) groups excluding carboxylic acids is 1. The number of aromatic amines is 1. The van der Waals surface area contributed by atoms with Crippen LogP contribution in [0.3, 0.4) is 0 Å². The number of ether oxygens (including phenoxy) is 1. The molecule has 3 aromatic carbocycles. The van der Waals surface area contributed by atoms with Gasteiger partial charge in [-0.15, -0.1) is 0 Å². The Bertz CT molecular complexity index is 1390. The predicted octanol–water partition coefficient (Wildman–Crippen LogP) is 4.00. The van der Waals surface area contributed by atoms with E-state index in [1.807, 2.05) is 60.7 Å². The van der Waals surface area contributed by atoms with Crippen molar-refractivity contribution in [2.75, 3.05) is 13.7 Å². The number of hydrazine groups is 1. The highest BCUT2D eigenvalue weighted by Gasteiger charge is 2.22. The predicted molar refractivity (Wildman–Crippen MR) is 139 cm³/mol. The van der Waals surface area contributed by atoms with Crippen LogP contribution in [0.1, 0.15) is 16.1 Å². The number of aliphatic hydroxyl groups excluding tert-OH is 1. The fraction of sp³-hybridized carbons (Fsp3) is 0.148. The Kier molecular flexibility index (Phi) is 8.19. The average molecular weight is 521 g/mol. The summed E-state index contributed by atoms with van der Waals surface area (Å²) < 4.78 is 5.36. The van der Waals surface area contributed by atoms with Crippen LogP contribution >= 0.6 is 11.6 Å². The molecule has 0 aliphatic rings. The number of nitrogens with zero attached hydrogens (tertiary/aromatic N) is 2. The fourth-order valence-electron chi connectivity index (χ4n) is 3.76. The molecule has 1 heterocycles. The number of amides is 1.